The van der Waals surface area contributed by atoms with Crippen molar-refractivity contribution in [2.45, 2.75) is 9.79 Å². The average molecular weight is 338 g/mol. The molecule has 2 aromatic carbocycles. The Morgan fingerprint density at radius 3 is 1.64 bits per heavy atom. The first-order valence-electron chi connectivity index (χ1n) is 6.29. The van der Waals surface area contributed by atoms with Crippen LogP contribution in [0.25, 0.3) is 0 Å². The largest absolute Gasteiger partial charge is 0.519 e. The first kappa shape index (κ1) is 16.7. The molecule has 22 heavy (non-hydrogen) atoms. The molecule has 2 rings (SSSR count). The Bertz CT molecular complexity index is 579. The first-order valence-corrected chi connectivity index (χ1v) is 8.26. The standard InChI is InChI=1S/C15H14O5S2/c16-9-21-13-7-3-1-5-11(13)19-15(18)20-12-6-2-4-8-14(12)22-10-17/h1-8,16-17H,9-10H2. The van der Waals surface area contributed by atoms with E-state index < -0.39 is 6.16 Å². The Kier molecular flexibility index (Phi) is 6.60. The van der Waals surface area contributed by atoms with Crippen LogP contribution in [0.4, 0.5) is 4.79 Å². The lowest BCUT2D eigenvalue weighted by molar-refractivity contribution is 0.149. The highest BCUT2D eigenvalue weighted by Gasteiger charge is 2.13. The molecule has 0 saturated carbocycles. The van der Waals surface area contributed by atoms with Gasteiger partial charge in [-0.15, -0.1) is 0 Å². The van der Waals surface area contributed by atoms with Crippen molar-refractivity contribution in [2.24, 2.45) is 0 Å². The van der Waals surface area contributed by atoms with E-state index in [1.807, 2.05) is 0 Å². The van der Waals surface area contributed by atoms with E-state index >= 15 is 0 Å². The summed E-state index contributed by atoms with van der Waals surface area (Å²) in [6.07, 6.45) is -0.878. The minimum atomic E-state index is -0.878. The molecular formula is C15H14O5S2. The minimum absolute atomic E-state index is 0.120. The second-order valence-corrected chi connectivity index (χ2v) is 5.87. The van der Waals surface area contributed by atoms with Crippen LogP contribution in [0.3, 0.4) is 0 Å². The fourth-order valence-corrected chi connectivity index (χ4v) is 2.78. The zero-order valence-electron chi connectivity index (χ0n) is 11.5. The zero-order chi connectivity index (χ0) is 15.8. The normalized spacial score (nSPS) is 10.3. The van der Waals surface area contributed by atoms with Gasteiger partial charge in [0.1, 0.15) is 11.5 Å². The van der Waals surface area contributed by atoms with Crippen molar-refractivity contribution >= 4 is 29.7 Å². The highest BCUT2D eigenvalue weighted by Crippen LogP contribution is 2.31. The fraction of sp³-hybridized carbons (Fsp3) is 0.133. The lowest BCUT2D eigenvalue weighted by Crippen LogP contribution is -2.14. The van der Waals surface area contributed by atoms with Gasteiger partial charge in [0.2, 0.25) is 0 Å². The maximum absolute atomic E-state index is 11.9. The number of aliphatic hydroxyl groups excluding tert-OH is 2. The van der Waals surface area contributed by atoms with E-state index in [2.05, 4.69) is 0 Å². The topological polar surface area (TPSA) is 76.0 Å². The fourth-order valence-electron chi connectivity index (χ4n) is 1.65. The van der Waals surface area contributed by atoms with Crippen molar-refractivity contribution in [3.8, 4) is 11.5 Å². The van der Waals surface area contributed by atoms with Crippen LogP contribution in [0.5, 0.6) is 11.5 Å². The summed E-state index contributed by atoms with van der Waals surface area (Å²) in [6, 6.07) is 13.7. The summed E-state index contributed by atoms with van der Waals surface area (Å²) < 4.78 is 10.3. The molecular weight excluding hydrogens is 324 g/mol. The molecule has 116 valence electrons. The molecule has 0 heterocycles. The summed E-state index contributed by atoms with van der Waals surface area (Å²) in [5.74, 6) is 0.397. The quantitative estimate of drug-likeness (QED) is 0.362. The van der Waals surface area contributed by atoms with Gasteiger partial charge in [0.05, 0.1) is 21.7 Å². The van der Waals surface area contributed by atoms with Crippen LogP contribution in [-0.4, -0.2) is 28.2 Å². The van der Waals surface area contributed by atoms with Crippen molar-refractivity contribution in [3.05, 3.63) is 48.5 Å². The molecule has 0 aliphatic carbocycles. The van der Waals surface area contributed by atoms with E-state index in [4.69, 9.17) is 19.7 Å². The molecule has 0 aromatic heterocycles. The van der Waals surface area contributed by atoms with Gasteiger partial charge in [0, 0.05) is 0 Å². The molecule has 0 aliphatic heterocycles. The molecule has 0 unspecified atom stereocenters. The number of thioether (sulfide) groups is 2. The van der Waals surface area contributed by atoms with Gasteiger partial charge in [-0.2, -0.15) is 0 Å². The highest BCUT2D eigenvalue weighted by molar-refractivity contribution is 7.99. The summed E-state index contributed by atoms with van der Waals surface area (Å²) in [4.78, 5) is 13.2. The Hall–Kier alpha value is -1.67. The molecule has 2 aromatic rings. The Balaban J connectivity index is 2.08. The second kappa shape index (κ2) is 8.70. The van der Waals surface area contributed by atoms with E-state index in [0.717, 1.165) is 23.5 Å². The minimum Gasteiger partial charge on any atom is -0.394 e. The summed E-state index contributed by atoms with van der Waals surface area (Å²) >= 11 is 2.29. The van der Waals surface area contributed by atoms with Gasteiger partial charge in [0.25, 0.3) is 0 Å². The number of ether oxygens (including phenoxy) is 2. The van der Waals surface area contributed by atoms with E-state index in [9.17, 15) is 4.79 Å². The Morgan fingerprint density at radius 1 is 0.818 bits per heavy atom. The first-order chi connectivity index (χ1) is 10.7. The van der Waals surface area contributed by atoms with Gasteiger partial charge in [0.15, 0.2) is 0 Å². The van der Waals surface area contributed by atoms with Gasteiger partial charge in [-0.1, -0.05) is 47.8 Å². The SMILES string of the molecule is O=C(Oc1ccccc1SCO)Oc1ccccc1SCO. The molecule has 0 amide bonds. The molecule has 0 aliphatic rings. The number of carbonyl (C=O) groups is 1. The second-order valence-electron chi connectivity index (χ2n) is 3.89. The van der Waals surface area contributed by atoms with Crippen molar-refractivity contribution in [2.75, 3.05) is 11.9 Å². The van der Waals surface area contributed by atoms with Crippen LogP contribution < -0.4 is 9.47 Å². The average Bonchev–Trinajstić information content (AvgIpc) is 2.52. The van der Waals surface area contributed by atoms with Gasteiger partial charge in [-0.3, -0.25) is 0 Å². The third-order valence-corrected chi connectivity index (χ3v) is 4.08. The van der Waals surface area contributed by atoms with E-state index in [-0.39, 0.29) is 11.9 Å². The zero-order valence-corrected chi connectivity index (χ0v) is 13.1. The Morgan fingerprint density at radius 2 is 1.23 bits per heavy atom. The van der Waals surface area contributed by atoms with E-state index in [1.165, 1.54) is 0 Å². The number of hydrogen-bond acceptors (Lipinski definition) is 7. The van der Waals surface area contributed by atoms with Gasteiger partial charge >= 0.3 is 6.16 Å². The van der Waals surface area contributed by atoms with Crippen LogP contribution in [0.15, 0.2) is 58.3 Å². The smallest absolute Gasteiger partial charge is 0.394 e. The number of aliphatic hydroxyl groups is 2. The molecule has 0 atom stereocenters. The summed E-state index contributed by atoms with van der Waals surface area (Å²) in [5, 5.41) is 17.9. The van der Waals surface area contributed by atoms with E-state index in [0.29, 0.717) is 21.3 Å². The lowest BCUT2D eigenvalue weighted by Gasteiger charge is -2.10. The highest BCUT2D eigenvalue weighted by atomic mass is 32.2. The number of benzene rings is 2. The predicted molar refractivity (Wildman–Crippen MR) is 85.4 cm³/mol. The molecule has 0 saturated heterocycles. The number of para-hydroxylation sites is 2. The Labute approximate surface area is 136 Å². The number of hydrogen-bond donors (Lipinski definition) is 2. The summed E-state index contributed by atoms with van der Waals surface area (Å²) in [6.45, 7) is 0. The van der Waals surface area contributed by atoms with Crippen LogP contribution in [0.1, 0.15) is 0 Å². The predicted octanol–water partition coefficient (Wildman–Crippen LogP) is 3.35. The van der Waals surface area contributed by atoms with Crippen molar-refractivity contribution in [3.63, 3.8) is 0 Å². The van der Waals surface area contributed by atoms with Crippen molar-refractivity contribution < 1.29 is 24.5 Å². The van der Waals surface area contributed by atoms with Crippen molar-refractivity contribution in [1.29, 1.82) is 0 Å². The van der Waals surface area contributed by atoms with Gasteiger partial charge in [-0.05, 0) is 24.3 Å². The van der Waals surface area contributed by atoms with Crippen molar-refractivity contribution in [1.82, 2.24) is 0 Å². The molecule has 0 spiro atoms. The summed E-state index contributed by atoms with van der Waals surface area (Å²) in [7, 11) is 0. The van der Waals surface area contributed by atoms with Crippen LogP contribution in [-0.2, 0) is 0 Å². The molecule has 7 heteroatoms. The lowest BCUT2D eigenvalue weighted by atomic mass is 10.3. The third kappa shape index (κ3) is 4.67. The molecule has 5 nitrogen and oxygen atoms in total. The van der Waals surface area contributed by atoms with Crippen LogP contribution in [0.2, 0.25) is 0 Å². The van der Waals surface area contributed by atoms with Crippen LogP contribution in [0, 0.1) is 0 Å². The van der Waals surface area contributed by atoms with E-state index in [1.54, 1.807) is 48.5 Å². The number of carbonyl (C=O) groups excluding carboxylic acids is 1. The molecule has 0 fully saturated rings. The molecule has 2 N–H and O–H groups in total. The summed E-state index contributed by atoms with van der Waals surface area (Å²) in [5.41, 5.74) is 0. The monoisotopic (exact) mass is 338 g/mol. The molecule has 0 bridgehead atoms. The maximum Gasteiger partial charge on any atom is 0.519 e. The molecule has 0 radical (unpaired) electrons. The van der Waals surface area contributed by atoms with Crippen LogP contribution >= 0.6 is 23.5 Å². The third-order valence-electron chi connectivity index (χ3n) is 2.53. The van der Waals surface area contributed by atoms with Gasteiger partial charge in [-0.25, -0.2) is 4.79 Å². The maximum atomic E-state index is 11.9. The number of rotatable bonds is 6. The van der Waals surface area contributed by atoms with Gasteiger partial charge < -0.3 is 19.7 Å².